The first-order valence-electron chi connectivity index (χ1n) is 35.8. The van der Waals surface area contributed by atoms with E-state index in [2.05, 4.69) is 0 Å². The van der Waals surface area contributed by atoms with E-state index in [0.717, 1.165) is 54.6 Å². The van der Waals surface area contributed by atoms with Gasteiger partial charge in [0.05, 0.1) is 0 Å². The molecule has 15 aromatic carbocycles. The van der Waals surface area contributed by atoms with Crippen LogP contribution in [0.3, 0.4) is 0 Å². The Labute approximate surface area is 732 Å². The second kappa shape index (κ2) is 36.0. The number of halogens is 45. The maximum absolute atomic E-state index is 15.7. The van der Waals surface area contributed by atoms with Crippen LogP contribution < -0.4 is 65.6 Å². The Kier molecular flexibility index (Phi) is 26.8. The van der Waals surface area contributed by atoms with E-state index in [4.69, 9.17) is 0 Å². The fourth-order valence-electron chi connectivity index (χ4n) is 16.4. The molecule has 0 heterocycles. The average molecular weight is 1990 g/mol. The second-order valence-electron chi connectivity index (χ2n) is 28.8. The Hall–Kier alpha value is -13.9. The van der Waals surface area contributed by atoms with E-state index >= 15 is 79.0 Å². The van der Waals surface area contributed by atoms with Gasteiger partial charge in [0.25, 0.3) is 0 Å². The summed E-state index contributed by atoms with van der Waals surface area (Å²) in [4.78, 5) is 0. The van der Waals surface area contributed by atoms with Crippen LogP contribution in [0.15, 0.2) is 109 Å². The molecule has 0 atom stereocenters. The number of rotatable bonds is 12. The Morgan fingerprint density at radius 1 is 0.118 bits per heavy atom. The van der Waals surface area contributed by atoms with Gasteiger partial charge in [-0.05, 0) is 68.7 Å². The molecule has 0 saturated heterocycles. The van der Waals surface area contributed by atoms with Gasteiger partial charge in [-0.2, -0.15) is 16.4 Å². The van der Waals surface area contributed by atoms with Crippen molar-refractivity contribution in [1.82, 2.24) is 0 Å². The van der Waals surface area contributed by atoms with Gasteiger partial charge in [0, 0.05) is 0 Å². The maximum atomic E-state index is 15.7. The molecule has 0 bridgehead atoms. The number of fused-ring (bicyclic) bond motifs is 3. The molecule has 702 valence electrons. The predicted molar refractivity (Wildman–Crippen MR) is 392 cm³/mol. The fraction of sp³-hybridized carbons (Fsp3) is 0. The number of hydrogen-bond donors (Lipinski definition) is 3. The summed E-state index contributed by atoms with van der Waals surface area (Å²) in [5, 5.41) is 27.7. The number of hydrogen-bond acceptors (Lipinski definition) is 3. The first-order valence-corrected chi connectivity index (χ1v) is 35.8. The van der Waals surface area contributed by atoms with Crippen molar-refractivity contribution in [2.24, 2.45) is 0 Å². The molecule has 52 heteroatoms. The topological polar surface area (TPSA) is 60.7 Å². The summed E-state index contributed by atoms with van der Waals surface area (Å²) in [5.74, 6) is -140. The summed E-state index contributed by atoms with van der Waals surface area (Å²) >= 11 is 0. The van der Waals surface area contributed by atoms with E-state index in [-0.39, 0.29) is 49.7 Å². The molecule has 3 nitrogen and oxygen atoms in total. The molecule has 0 aliphatic rings. The number of aromatic hydroxyl groups is 3. The van der Waals surface area contributed by atoms with E-state index in [0.29, 0.717) is 54.6 Å². The van der Waals surface area contributed by atoms with Gasteiger partial charge in [-0.3, -0.25) is 0 Å². The van der Waals surface area contributed by atoms with E-state index in [1.807, 2.05) is 0 Å². The van der Waals surface area contributed by atoms with Gasteiger partial charge in [-0.15, -0.1) is 49.2 Å². The van der Waals surface area contributed by atoms with Crippen LogP contribution in [-0.4, -0.2) is 51.1 Å². The summed E-state index contributed by atoms with van der Waals surface area (Å²) in [6.45, 7) is 0. The molecule has 0 radical (unpaired) electrons. The van der Waals surface area contributed by atoms with Crippen molar-refractivity contribution in [1.29, 1.82) is 0 Å². The van der Waals surface area contributed by atoms with Crippen molar-refractivity contribution >= 4 is 134 Å². The summed E-state index contributed by atoms with van der Waals surface area (Å²) in [6.07, 6.45) is -17.6. The molecule has 15 aromatic rings. The normalized spacial score (nSPS) is 11.9. The van der Waals surface area contributed by atoms with E-state index in [9.17, 15) is 134 Å². The summed E-state index contributed by atoms with van der Waals surface area (Å²) < 4.78 is 673. The van der Waals surface area contributed by atoms with Crippen LogP contribution in [0.25, 0.3) is 32.3 Å². The molecule has 0 aliphatic carbocycles. The Balaban J connectivity index is 0.000000183. The molecular formula is C84H21AlB3F45O3. The first-order chi connectivity index (χ1) is 63.0. The number of phenols is 3. The molecule has 136 heavy (non-hydrogen) atoms. The molecule has 0 fully saturated rings. The zero-order valence-corrected chi connectivity index (χ0v) is 65.2. The van der Waals surface area contributed by atoms with Crippen LogP contribution in [0.1, 0.15) is 0 Å². The van der Waals surface area contributed by atoms with Gasteiger partial charge < -0.3 is 15.3 Å². The van der Waals surface area contributed by atoms with Crippen molar-refractivity contribution in [3.63, 3.8) is 0 Å². The second-order valence-corrected chi connectivity index (χ2v) is 28.8. The maximum Gasteiger partial charge on any atom is 3.00 e. The number of benzene rings is 15. The average Bonchev–Trinajstić information content (AvgIpc) is 0.694. The molecule has 3 N–H and O–H groups in total. The largest absolute Gasteiger partial charge is 3.00 e. The molecule has 0 unspecified atom stereocenters. The van der Waals surface area contributed by atoms with Crippen LogP contribution in [0.2, 0.25) is 0 Å². The molecule has 0 amide bonds. The number of phenolic OH excluding ortho intramolecular Hbond substituents is 3. The van der Waals surface area contributed by atoms with Gasteiger partial charge in [0.15, 0.2) is 157 Å². The molecule has 0 spiro atoms. The minimum absolute atomic E-state index is 0. The van der Waals surface area contributed by atoms with Crippen LogP contribution in [-0.2, 0) is 0 Å². The first kappa shape index (κ1) is 101. The Morgan fingerprint density at radius 3 is 0.316 bits per heavy atom. The van der Waals surface area contributed by atoms with Gasteiger partial charge in [0.1, 0.15) is 140 Å². The quantitative estimate of drug-likeness (QED) is 0.0494. The van der Waals surface area contributed by atoms with Crippen molar-refractivity contribution in [2.45, 2.75) is 0 Å². The molecule has 0 saturated carbocycles. The Morgan fingerprint density at radius 2 is 0.206 bits per heavy atom. The smallest absolute Gasteiger partial charge is 0.508 e. The molecule has 0 aliphatic heterocycles. The summed E-state index contributed by atoms with van der Waals surface area (Å²) in [7, 11) is 0. The monoisotopic (exact) mass is 1990 g/mol. The fourth-order valence-corrected chi connectivity index (χ4v) is 16.4. The molecular weight excluding hydrogens is 1970 g/mol. The van der Waals surface area contributed by atoms with Crippen LogP contribution in [0.4, 0.5) is 198 Å². The zero-order valence-electron chi connectivity index (χ0n) is 64.1. The summed E-state index contributed by atoms with van der Waals surface area (Å²) in [6, 6.07) is 12.6. The minimum atomic E-state index is -5.87. The molecule has 15 rings (SSSR count). The van der Waals surface area contributed by atoms with Gasteiger partial charge in [-0.1, -0.05) is 72.8 Å². The SMILES string of the molecule is Oc1ccc2cc([B-](c3c(F)c(F)c(F)c(F)c3F)(c3c(F)c(F)c(F)c(F)c3F)c3c(F)c(F)c(F)c(F)c3F)ccc2c1.Oc1ccc2cc([B-](c3c(F)c(F)c(F)c(F)c3F)(c3c(F)c(F)c(F)c(F)c3F)c3c(F)c(F)c(F)c(F)c3F)ccc2c1.Oc1ccc2cc([B-](c3c(F)c(F)c(F)c(F)c3F)(c3c(F)c(F)c(F)c(F)c3F)c3c(F)c(F)c(F)c(F)c3F)ccc2c1.[Al+3]. The third-order valence-corrected chi connectivity index (χ3v) is 22.1. The Bertz CT molecular complexity index is 6240. The van der Waals surface area contributed by atoms with Crippen molar-refractivity contribution in [2.75, 3.05) is 0 Å². The third-order valence-electron chi connectivity index (χ3n) is 22.1. The van der Waals surface area contributed by atoms with Crippen molar-refractivity contribution in [3.8, 4) is 17.2 Å². The van der Waals surface area contributed by atoms with Crippen LogP contribution in [0.5, 0.6) is 17.2 Å². The standard InChI is InChI=1S/3C28H7BF15O.Al/c3*30-14-11(15(31)21(37)26(42)20(14)36)29(12-16(32)22(38)27(43)23(39)17(12)33,13-18(34)24(40)28(44)25(41)19(13)35)9-3-1-8-6-10(45)4-2-7(8)5-9;/h3*1-6,45H;/q3*-1;+3. The van der Waals surface area contributed by atoms with Crippen LogP contribution >= 0.6 is 0 Å². The predicted octanol–water partition coefficient (Wildman–Crippen LogP) is 17.6. The van der Waals surface area contributed by atoms with Crippen LogP contribution in [0, 0.1) is 262 Å². The molecule has 0 aromatic heterocycles. The van der Waals surface area contributed by atoms with E-state index < -0.39 is 363 Å². The minimum Gasteiger partial charge on any atom is -0.508 e. The van der Waals surface area contributed by atoms with Gasteiger partial charge in [-0.25, -0.2) is 198 Å². The van der Waals surface area contributed by atoms with E-state index in [1.165, 1.54) is 0 Å². The van der Waals surface area contributed by atoms with Gasteiger partial charge in [0.2, 0.25) is 0 Å². The van der Waals surface area contributed by atoms with Gasteiger partial charge >= 0.3 is 17.4 Å². The summed E-state index contributed by atoms with van der Waals surface area (Å²) in [5.41, 5.74) is -28.9. The van der Waals surface area contributed by atoms with Crippen molar-refractivity contribution in [3.05, 3.63) is 371 Å². The zero-order chi connectivity index (χ0) is 100. The van der Waals surface area contributed by atoms with Crippen molar-refractivity contribution < 1.29 is 213 Å². The van der Waals surface area contributed by atoms with E-state index in [1.54, 1.807) is 0 Å². The third kappa shape index (κ3) is 14.7.